The summed E-state index contributed by atoms with van der Waals surface area (Å²) in [5.74, 6) is 0.958. The minimum absolute atomic E-state index is 0.428. The van der Waals surface area contributed by atoms with Crippen LogP contribution in [0, 0.1) is 0 Å². The number of anilines is 1. The van der Waals surface area contributed by atoms with E-state index in [0.717, 1.165) is 21.3 Å². The van der Waals surface area contributed by atoms with E-state index in [9.17, 15) is 0 Å². The predicted molar refractivity (Wildman–Crippen MR) is 80.9 cm³/mol. The lowest BCUT2D eigenvalue weighted by molar-refractivity contribution is 0.135. The summed E-state index contributed by atoms with van der Waals surface area (Å²) in [6.07, 6.45) is 8.27. The minimum atomic E-state index is 0.428. The third-order valence-electron chi connectivity index (χ3n) is 4.09. The molecule has 2 fully saturated rings. The molecule has 98 valence electrons. The summed E-state index contributed by atoms with van der Waals surface area (Å²) in [7, 11) is 0. The van der Waals surface area contributed by atoms with Gasteiger partial charge in [-0.05, 0) is 76.6 Å². The SMILES string of the molecule is Brc1cnc(NC2CCNC3(CCC3)C2)c(Br)c1. The molecule has 18 heavy (non-hydrogen) atoms. The molecule has 1 spiro atoms. The van der Waals surface area contributed by atoms with E-state index in [0.29, 0.717) is 11.6 Å². The molecule has 1 aromatic rings. The molecule has 5 heteroatoms. The van der Waals surface area contributed by atoms with Gasteiger partial charge in [-0.2, -0.15) is 0 Å². The van der Waals surface area contributed by atoms with Gasteiger partial charge in [0.25, 0.3) is 0 Å². The molecule has 1 aliphatic carbocycles. The second-order valence-corrected chi connectivity index (χ2v) is 7.15. The van der Waals surface area contributed by atoms with Crippen LogP contribution in [0.1, 0.15) is 32.1 Å². The van der Waals surface area contributed by atoms with Gasteiger partial charge in [0.2, 0.25) is 0 Å². The molecule has 2 N–H and O–H groups in total. The summed E-state index contributed by atoms with van der Waals surface area (Å²) in [6.45, 7) is 1.12. The zero-order valence-corrected chi connectivity index (χ0v) is 13.3. The zero-order chi connectivity index (χ0) is 12.6. The number of piperidine rings is 1. The molecule has 1 aliphatic heterocycles. The summed E-state index contributed by atoms with van der Waals surface area (Å²) < 4.78 is 2.03. The van der Waals surface area contributed by atoms with Crippen molar-refractivity contribution in [3.05, 3.63) is 21.2 Å². The van der Waals surface area contributed by atoms with Gasteiger partial charge in [-0.1, -0.05) is 0 Å². The molecule has 0 aromatic carbocycles. The Hall–Kier alpha value is -0.130. The van der Waals surface area contributed by atoms with Crippen LogP contribution in [0.15, 0.2) is 21.2 Å². The average Bonchev–Trinajstić information content (AvgIpc) is 2.31. The maximum atomic E-state index is 4.44. The number of halogens is 2. The minimum Gasteiger partial charge on any atom is -0.366 e. The van der Waals surface area contributed by atoms with Gasteiger partial charge in [0.05, 0.1) is 4.47 Å². The summed E-state index contributed by atoms with van der Waals surface area (Å²) in [5.41, 5.74) is 0.428. The van der Waals surface area contributed by atoms with Crippen LogP contribution in [0.4, 0.5) is 5.82 Å². The fourth-order valence-electron chi connectivity index (χ4n) is 2.98. The standard InChI is InChI=1S/C13H17Br2N3/c14-9-6-11(15)12(16-8-9)18-10-2-5-17-13(7-10)3-1-4-13/h6,8,10,17H,1-5,7H2,(H,16,18). The molecule has 3 nitrogen and oxygen atoms in total. The van der Waals surface area contributed by atoms with Crippen LogP contribution in [0.5, 0.6) is 0 Å². The van der Waals surface area contributed by atoms with Crippen LogP contribution in [-0.4, -0.2) is 23.1 Å². The van der Waals surface area contributed by atoms with Crippen molar-refractivity contribution in [2.24, 2.45) is 0 Å². The fraction of sp³-hybridized carbons (Fsp3) is 0.615. The number of rotatable bonds is 2. The van der Waals surface area contributed by atoms with Crippen LogP contribution in [-0.2, 0) is 0 Å². The fourth-order valence-corrected chi connectivity index (χ4v) is 4.08. The zero-order valence-electron chi connectivity index (χ0n) is 10.2. The van der Waals surface area contributed by atoms with Crippen molar-refractivity contribution in [1.82, 2.24) is 10.3 Å². The molecule has 1 aromatic heterocycles. The number of aromatic nitrogens is 1. The molecule has 0 bridgehead atoms. The van der Waals surface area contributed by atoms with E-state index in [-0.39, 0.29) is 0 Å². The van der Waals surface area contributed by atoms with Gasteiger partial charge in [0.15, 0.2) is 0 Å². The van der Waals surface area contributed by atoms with E-state index in [1.807, 2.05) is 12.3 Å². The molecular formula is C13H17Br2N3. The first-order chi connectivity index (χ1) is 8.67. The average molecular weight is 375 g/mol. The largest absolute Gasteiger partial charge is 0.366 e. The third kappa shape index (κ3) is 2.58. The quantitative estimate of drug-likeness (QED) is 0.828. The van der Waals surface area contributed by atoms with Crippen molar-refractivity contribution >= 4 is 37.7 Å². The highest BCUT2D eigenvalue weighted by Gasteiger charge is 2.40. The summed E-state index contributed by atoms with van der Waals surface area (Å²) in [6, 6.07) is 2.58. The molecule has 1 saturated carbocycles. The van der Waals surface area contributed by atoms with Gasteiger partial charge in [-0.3, -0.25) is 0 Å². The number of hydrogen-bond donors (Lipinski definition) is 2. The number of nitrogens with zero attached hydrogens (tertiary/aromatic N) is 1. The first-order valence-electron chi connectivity index (χ1n) is 6.50. The van der Waals surface area contributed by atoms with Gasteiger partial charge in [0, 0.05) is 22.3 Å². The van der Waals surface area contributed by atoms with Crippen LogP contribution < -0.4 is 10.6 Å². The molecule has 1 unspecified atom stereocenters. The molecular weight excluding hydrogens is 358 g/mol. The molecule has 0 radical (unpaired) electrons. The second kappa shape index (κ2) is 5.10. The summed E-state index contributed by atoms with van der Waals surface area (Å²) in [4.78, 5) is 4.44. The lowest BCUT2D eigenvalue weighted by Gasteiger charge is -2.48. The molecule has 0 amide bonds. The Kier molecular flexibility index (Phi) is 3.65. The topological polar surface area (TPSA) is 37.0 Å². The van der Waals surface area contributed by atoms with Crippen molar-refractivity contribution < 1.29 is 0 Å². The first kappa shape index (κ1) is 12.9. The maximum absolute atomic E-state index is 4.44. The first-order valence-corrected chi connectivity index (χ1v) is 8.08. The Morgan fingerprint density at radius 2 is 2.22 bits per heavy atom. The molecule has 1 saturated heterocycles. The lowest BCUT2D eigenvalue weighted by Crippen LogP contribution is -2.58. The van der Waals surface area contributed by atoms with E-state index in [1.165, 1.54) is 32.1 Å². The van der Waals surface area contributed by atoms with Crippen LogP contribution >= 0.6 is 31.9 Å². The normalized spacial score (nSPS) is 25.8. The van der Waals surface area contributed by atoms with E-state index in [1.54, 1.807) is 0 Å². The smallest absolute Gasteiger partial charge is 0.140 e. The Labute approximate surface area is 124 Å². The molecule has 2 heterocycles. The van der Waals surface area contributed by atoms with Crippen molar-refractivity contribution in [2.75, 3.05) is 11.9 Å². The van der Waals surface area contributed by atoms with Crippen molar-refractivity contribution in [3.8, 4) is 0 Å². The number of hydrogen-bond acceptors (Lipinski definition) is 3. The molecule has 3 rings (SSSR count). The third-order valence-corrected chi connectivity index (χ3v) is 5.13. The number of pyridine rings is 1. The van der Waals surface area contributed by atoms with E-state index >= 15 is 0 Å². The van der Waals surface area contributed by atoms with Crippen molar-refractivity contribution in [1.29, 1.82) is 0 Å². The Balaban J connectivity index is 1.68. The highest BCUT2D eigenvalue weighted by molar-refractivity contribution is 9.11. The Morgan fingerprint density at radius 1 is 1.39 bits per heavy atom. The van der Waals surface area contributed by atoms with Crippen LogP contribution in [0.25, 0.3) is 0 Å². The van der Waals surface area contributed by atoms with Gasteiger partial charge in [0.1, 0.15) is 5.82 Å². The van der Waals surface area contributed by atoms with Crippen LogP contribution in [0.2, 0.25) is 0 Å². The summed E-state index contributed by atoms with van der Waals surface area (Å²) >= 11 is 6.99. The van der Waals surface area contributed by atoms with Gasteiger partial charge in [-0.25, -0.2) is 4.98 Å². The monoisotopic (exact) mass is 373 g/mol. The predicted octanol–water partition coefficient (Wildman–Crippen LogP) is 3.69. The van der Waals surface area contributed by atoms with Crippen molar-refractivity contribution in [3.63, 3.8) is 0 Å². The molecule has 2 aliphatic rings. The maximum Gasteiger partial charge on any atom is 0.140 e. The van der Waals surface area contributed by atoms with Crippen LogP contribution in [0.3, 0.4) is 0 Å². The molecule has 1 atom stereocenters. The lowest BCUT2D eigenvalue weighted by atomic mass is 9.70. The van der Waals surface area contributed by atoms with E-state index < -0.39 is 0 Å². The van der Waals surface area contributed by atoms with Crippen molar-refractivity contribution in [2.45, 2.75) is 43.7 Å². The second-order valence-electron chi connectivity index (χ2n) is 5.38. The highest BCUT2D eigenvalue weighted by atomic mass is 79.9. The van der Waals surface area contributed by atoms with E-state index in [4.69, 9.17) is 0 Å². The Morgan fingerprint density at radius 3 is 2.89 bits per heavy atom. The number of nitrogens with one attached hydrogen (secondary N) is 2. The van der Waals surface area contributed by atoms with Gasteiger partial charge >= 0.3 is 0 Å². The van der Waals surface area contributed by atoms with Gasteiger partial charge < -0.3 is 10.6 Å². The Bertz CT molecular complexity index is 446. The van der Waals surface area contributed by atoms with E-state index in [2.05, 4.69) is 47.5 Å². The van der Waals surface area contributed by atoms with Gasteiger partial charge in [-0.15, -0.1) is 0 Å². The highest BCUT2D eigenvalue weighted by Crippen LogP contribution is 2.39. The summed E-state index contributed by atoms with van der Waals surface area (Å²) in [5, 5.41) is 7.27.